The van der Waals surface area contributed by atoms with Crippen LogP contribution in [0.5, 0.6) is 5.75 Å². The molecular formula is C16H21F3O2. The molecule has 0 aliphatic heterocycles. The Balaban J connectivity index is 2.09. The molecule has 0 spiro atoms. The van der Waals surface area contributed by atoms with Crippen molar-refractivity contribution in [1.82, 2.24) is 0 Å². The molecule has 1 aliphatic carbocycles. The lowest BCUT2D eigenvalue weighted by molar-refractivity contribution is -0.274. The molecule has 21 heavy (non-hydrogen) atoms. The van der Waals surface area contributed by atoms with Crippen LogP contribution in [0.3, 0.4) is 0 Å². The summed E-state index contributed by atoms with van der Waals surface area (Å²) in [5.74, 6) is -0.235. The summed E-state index contributed by atoms with van der Waals surface area (Å²) in [7, 11) is 0. The lowest BCUT2D eigenvalue weighted by Gasteiger charge is -2.46. The summed E-state index contributed by atoms with van der Waals surface area (Å²) < 4.78 is 40.2. The molecule has 2 nitrogen and oxygen atoms in total. The molecule has 1 saturated carbocycles. The fourth-order valence-corrected chi connectivity index (χ4v) is 3.03. The van der Waals surface area contributed by atoms with Crippen LogP contribution in [-0.4, -0.2) is 17.1 Å². The number of hydrogen-bond acceptors (Lipinski definition) is 2. The minimum absolute atomic E-state index is 0.188. The van der Waals surface area contributed by atoms with Gasteiger partial charge in [-0.3, -0.25) is 0 Å². The van der Waals surface area contributed by atoms with Gasteiger partial charge in [0, 0.05) is 6.42 Å². The zero-order chi connectivity index (χ0) is 15.7. The number of halogens is 3. The van der Waals surface area contributed by atoms with Crippen LogP contribution in [0.1, 0.15) is 45.1 Å². The van der Waals surface area contributed by atoms with Crippen molar-refractivity contribution in [2.75, 3.05) is 0 Å². The molecular weight excluding hydrogens is 281 g/mol. The summed E-state index contributed by atoms with van der Waals surface area (Å²) in [5, 5.41) is 10.9. The number of hydrogen-bond donors (Lipinski definition) is 1. The normalized spacial score (nSPS) is 25.6. The average Bonchev–Trinajstić information content (AvgIpc) is 2.34. The third kappa shape index (κ3) is 3.90. The molecule has 1 unspecified atom stereocenters. The maximum Gasteiger partial charge on any atom is 0.573 e. The van der Waals surface area contributed by atoms with Gasteiger partial charge < -0.3 is 9.84 Å². The number of aliphatic hydroxyl groups is 1. The molecule has 5 heteroatoms. The Labute approximate surface area is 122 Å². The smallest absolute Gasteiger partial charge is 0.406 e. The van der Waals surface area contributed by atoms with E-state index >= 15 is 0 Å². The van der Waals surface area contributed by atoms with E-state index in [1.807, 2.05) is 13.8 Å². The summed E-state index contributed by atoms with van der Waals surface area (Å²) in [6, 6.07) is 5.76. The second-order valence-electron chi connectivity index (χ2n) is 6.49. The van der Waals surface area contributed by atoms with E-state index in [1.165, 1.54) is 12.1 Å². The van der Waals surface area contributed by atoms with Gasteiger partial charge in [0.2, 0.25) is 0 Å². The van der Waals surface area contributed by atoms with Crippen LogP contribution in [0.2, 0.25) is 0 Å². The van der Waals surface area contributed by atoms with E-state index in [9.17, 15) is 18.3 Å². The number of alkyl halides is 3. The minimum atomic E-state index is -4.68. The van der Waals surface area contributed by atoms with Gasteiger partial charge in [-0.1, -0.05) is 38.8 Å². The van der Waals surface area contributed by atoms with Crippen LogP contribution in [0.15, 0.2) is 24.3 Å². The van der Waals surface area contributed by atoms with E-state index in [1.54, 1.807) is 12.1 Å². The van der Waals surface area contributed by atoms with Crippen molar-refractivity contribution in [2.24, 2.45) is 5.41 Å². The maximum atomic E-state index is 12.1. The SMILES string of the molecule is CC1(C)CCCCC1(O)Cc1ccc(OC(F)(F)F)cc1. The predicted octanol–water partition coefficient (Wildman–Crippen LogP) is 4.46. The van der Waals surface area contributed by atoms with Crippen molar-refractivity contribution >= 4 is 0 Å². The first-order valence-electron chi connectivity index (χ1n) is 7.18. The molecule has 1 aliphatic rings. The molecule has 0 radical (unpaired) electrons. The average molecular weight is 302 g/mol. The highest BCUT2D eigenvalue weighted by atomic mass is 19.4. The molecule has 1 N–H and O–H groups in total. The van der Waals surface area contributed by atoms with Gasteiger partial charge in [0.25, 0.3) is 0 Å². The number of rotatable bonds is 3. The molecule has 0 saturated heterocycles. The first kappa shape index (κ1) is 16.1. The topological polar surface area (TPSA) is 29.5 Å². The summed E-state index contributed by atoms with van der Waals surface area (Å²) >= 11 is 0. The Bertz CT molecular complexity index is 479. The van der Waals surface area contributed by atoms with Crippen molar-refractivity contribution in [3.05, 3.63) is 29.8 Å². The number of benzene rings is 1. The Morgan fingerprint density at radius 3 is 2.19 bits per heavy atom. The minimum Gasteiger partial charge on any atom is -0.406 e. The summed E-state index contributed by atoms with van der Waals surface area (Å²) in [6.07, 6.45) is -0.459. The van der Waals surface area contributed by atoms with Gasteiger partial charge in [-0.2, -0.15) is 0 Å². The Hall–Kier alpha value is -1.23. The molecule has 0 aromatic heterocycles. The van der Waals surface area contributed by atoms with Crippen LogP contribution in [0.4, 0.5) is 13.2 Å². The fraction of sp³-hybridized carbons (Fsp3) is 0.625. The Kier molecular flexibility index (Phi) is 4.24. The highest BCUT2D eigenvalue weighted by Crippen LogP contribution is 2.45. The van der Waals surface area contributed by atoms with E-state index in [2.05, 4.69) is 4.74 Å². The lowest BCUT2D eigenvalue weighted by atomic mass is 9.63. The molecule has 0 amide bonds. The molecule has 1 fully saturated rings. The van der Waals surface area contributed by atoms with Crippen LogP contribution in [0, 0.1) is 5.41 Å². The van der Waals surface area contributed by atoms with Gasteiger partial charge in [0.15, 0.2) is 0 Å². The second-order valence-corrected chi connectivity index (χ2v) is 6.49. The van der Waals surface area contributed by atoms with Crippen molar-refractivity contribution in [3.63, 3.8) is 0 Å². The predicted molar refractivity (Wildman–Crippen MR) is 74.0 cm³/mol. The highest BCUT2D eigenvalue weighted by Gasteiger charge is 2.44. The monoisotopic (exact) mass is 302 g/mol. The maximum absolute atomic E-state index is 12.1. The Morgan fingerprint density at radius 2 is 1.67 bits per heavy atom. The van der Waals surface area contributed by atoms with Gasteiger partial charge in [0.05, 0.1) is 5.60 Å². The zero-order valence-electron chi connectivity index (χ0n) is 12.3. The van der Waals surface area contributed by atoms with Crippen molar-refractivity contribution in [2.45, 2.75) is 57.9 Å². The lowest BCUT2D eigenvalue weighted by Crippen LogP contribution is -2.48. The van der Waals surface area contributed by atoms with Crippen LogP contribution < -0.4 is 4.74 Å². The standard InChI is InChI=1S/C16H21F3O2/c1-14(2)9-3-4-10-15(14,20)11-12-5-7-13(8-6-12)21-16(17,18)19/h5-8,20H,3-4,9-11H2,1-2H3. The number of ether oxygens (including phenoxy) is 1. The third-order valence-corrected chi connectivity index (χ3v) is 4.56. The molecule has 0 heterocycles. The van der Waals surface area contributed by atoms with Crippen molar-refractivity contribution in [3.8, 4) is 5.75 Å². The van der Waals surface area contributed by atoms with E-state index < -0.39 is 12.0 Å². The first-order valence-corrected chi connectivity index (χ1v) is 7.18. The second kappa shape index (κ2) is 5.52. The van der Waals surface area contributed by atoms with Crippen molar-refractivity contribution < 1.29 is 23.0 Å². The molecule has 0 bridgehead atoms. The van der Waals surface area contributed by atoms with Crippen LogP contribution in [-0.2, 0) is 6.42 Å². The Morgan fingerprint density at radius 1 is 1.10 bits per heavy atom. The first-order chi connectivity index (χ1) is 9.61. The summed E-state index contributed by atoms with van der Waals surface area (Å²) in [5.41, 5.74) is -0.175. The van der Waals surface area contributed by atoms with Gasteiger partial charge in [-0.25, -0.2) is 0 Å². The third-order valence-electron chi connectivity index (χ3n) is 4.56. The molecule has 1 aromatic carbocycles. The van der Waals surface area contributed by atoms with E-state index in [0.717, 1.165) is 31.2 Å². The van der Waals surface area contributed by atoms with Crippen molar-refractivity contribution in [1.29, 1.82) is 0 Å². The quantitative estimate of drug-likeness (QED) is 0.893. The van der Waals surface area contributed by atoms with Crippen LogP contribution in [0.25, 0.3) is 0 Å². The van der Waals surface area contributed by atoms with Gasteiger partial charge >= 0.3 is 6.36 Å². The van der Waals surface area contributed by atoms with Gasteiger partial charge in [-0.15, -0.1) is 13.2 Å². The van der Waals surface area contributed by atoms with E-state index in [4.69, 9.17) is 0 Å². The van der Waals surface area contributed by atoms with Gasteiger partial charge in [-0.05, 0) is 36.0 Å². The summed E-state index contributed by atoms with van der Waals surface area (Å²) in [6.45, 7) is 4.10. The summed E-state index contributed by atoms with van der Waals surface area (Å²) in [4.78, 5) is 0. The van der Waals surface area contributed by atoms with E-state index in [0.29, 0.717) is 6.42 Å². The fourth-order valence-electron chi connectivity index (χ4n) is 3.03. The molecule has 1 atom stereocenters. The molecule has 1 aromatic rings. The van der Waals surface area contributed by atoms with E-state index in [-0.39, 0.29) is 11.2 Å². The highest BCUT2D eigenvalue weighted by molar-refractivity contribution is 5.29. The van der Waals surface area contributed by atoms with Gasteiger partial charge in [0.1, 0.15) is 5.75 Å². The zero-order valence-corrected chi connectivity index (χ0v) is 12.3. The molecule has 118 valence electrons. The molecule has 2 rings (SSSR count). The van der Waals surface area contributed by atoms with Crippen LogP contribution >= 0.6 is 0 Å². The largest absolute Gasteiger partial charge is 0.573 e.